The molecule has 1 heterocycles. The highest BCUT2D eigenvalue weighted by atomic mass is 35.5. The van der Waals surface area contributed by atoms with Crippen LogP contribution in [0.25, 0.3) is 0 Å². The molecule has 1 fully saturated rings. The van der Waals surface area contributed by atoms with Gasteiger partial charge in [0.1, 0.15) is 0 Å². The number of rotatable bonds is 7. The van der Waals surface area contributed by atoms with Crippen molar-refractivity contribution in [3.63, 3.8) is 0 Å². The second-order valence-corrected chi connectivity index (χ2v) is 6.05. The number of nitrogens with zero attached hydrogens (tertiary/aromatic N) is 2. The van der Waals surface area contributed by atoms with E-state index >= 15 is 0 Å². The predicted octanol–water partition coefficient (Wildman–Crippen LogP) is 3.24. The molecule has 1 atom stereocenters. The molecular weight excluding hydrogens is 286 g/mol. The molecule has 0 aliphatic heterocycles. The summed E-state index contributed by atoms with van der Waals surface area (Å²) in [4.78, 5) is 4.51. The van der Waals surface area contributed by atoms with Gasteiger partial charge in [-0.3, -0.25) is 0 Å². The van der Waals surface area contributed by atoms with Gasteiger partial charge in [0.15, 0.2) is 5.82 Å². The van der Waals surface area contributed by atoms with E-state index in [1.807, 2.05) is 24.3 Å². The van der Waals surface area contributed by atoms with Gasteiger partial charge >= 0.3 is 0 Å². The molecule has 3 rings (SSSR count). The van der Waals surface area contributed by atoms with Crippen LogP contribution in [0.4, 0.5) is 0 Å². The molecule has 1 aromatic carbocycles. The van der Waals surface area contributed by atoms with Crippen molar-refractivity contribution in [3.05, 3.63) is 46.6 Å². The summed E-state index contributed by atoms with van der Waals surface area (Å²) in [6, 6.07) is 8.22. The normalized spacial score (nSPS) is 16.1. The highest BCUT2D eigenvalue weighted by Crippen LogP contribution is 2.33. The molecule has 5 heteroatoms. The molecule has 0 amide bonds. The van der Waals surface area contributed by atoms with Crippen molar-refractivity contribution in [2.45, 2.75) is 38.6 Å². The van der Waals surface area contributed by atoms with Gasteiger partial charge in [-0.2, -0.15) is 4.98 Å². The van der Waals surface area contributed by atoms with Crippen LogP contribution in [-0.2, 0) is 12.8 Å². The van der Waals surface area contributed by atoms with Gasteiger partial charge in [0.2, 0.25) is 5.89 Å². The number of halogens is 1. The summed E-state index contributed by atoms with van der Waals surface area (Å²) >= 11 is 5.99. The lowest BCUT2D eigenvalue weighted by Gasteiger charge is -2.14. The van der Waals surface area contributed by atoms with E-state index in [-0.39, 0.29) is 0 Å². The van der Waals surface area contributed by atoms with Gasteiger partial charge in [-0.1, -0.05) is 35.8 Å². The summed E-state index contributed by atoms with van der Waals surface area (Å²) in [5.41, 5.74) is 1.10. The molecule has 1 N–H and O–H groups in total. The summed E-state index contributed by atoms with van der Waals surface area (Å²) in [5.74, 6) is 2.22. The van der Waals surface area contributed by atoms with Crippen molar-refractivity contribution in [2.24, 2.45) is 5.92 Å². The van der Waals surface area contributed by atoms with Crippen LogP contribution >= 0.6 is 11.6 Å². The SMILES string of the molecule is CCNC(Cc1nc(Cc2cccc(Cl)c2)no1)C1CC1. The Balaban J connectivity index is 1.62. The number of nitrogens with one attached hydrogen (secondary N) is 1. The number of hydrogen-bond acceptors (Lipinski definition) is 4. The fraction of sp³-hybridized carbons (Fsp3) is 0.500. The molecule has 1 aliphatic carbocycles. The Kier molecular flexibility index (Phi) is 4.56. The molecule has 1 aromatic heterocycles. The molecular formula is C16H20ClN3O. The van der Waals surface area contributed by atoms with Crippen LogP contribution in [0, 0.1) is 5.92 Å². The first-order valence-electron chi connectivity index (χ1n) is 7.54. The van der Waals surface area contributed by atoms with Crippen molar-refractivity contribution in [2.75, 3.05) is 6.54 Å². The van der Waals surface area contributed by atoms with Crippen LogP contribution in [0.1, 0.15) is 37.0 Å². The number of aromatic nitrogens is 2. The smallest absolute Gasteiger partial charge is 0.228 e. The first-order chi connectivity index (χ1) is 10.2. The molecule has 4 nitrogen and oxygen atoms in total. The Labute approximate surface area is 129 Å². The molecule has 21 heavy (non-hydrogen) atoms. The lowest BCUT2D eigenvalue weighted by Crippen LogP contribution is -2.33. The highest BCUT2D eigenvalue weighted by Gasteiger charge is 2.31. The Hall–Kier alpha value is -1.39. The zero-order valence-corrected chi connectivity index (χ0v) is 12.9. The van der Waals surface area contributed by atoms with Crippen molar-refractivity contribution in [3.8, 4) is 0 Å². The van der Waals surface area contributed by atoms with E-state index in [9.17, 15) is 0 Å². The summed E-state index contributed by atoms with van der Waals surface area (Å²) in [6.45, 7) is 3.11. The average molecular weight is 306 g/mol. The molecule has 1 aliphatic rings. The third-order valence-electron chi connectivity index (χ3n) is 3.81. The van der Waals surface area contributed by atoms with Gasteiger partial charge in [-0.05, 0) is 43.0 Å². The van der Waals surface area contributed by atoms with Gasteiger partial charge in [-0.25, -0.2) is 0 Å². The summed E-state index contributed by atoms with van der Waals surface area (Å²) in [6.07, 6.45) is 4.09. The van der Waals surface area contributed by atoms with E-state index in [4.69, 9.17) is 16.1 Å². The Morgan fingerprint density at radius 1 is 1.43 bits per heavy atom. The fourth-order valence-electron chi connectivity index (χ4n) is 2.63. The van der Waals surface area contributed by atoms with Crippen molar-refractivity contribution in [1.29, 1.82) is 0 Å². The second-order valence-electron chi connectivity index (χ2n) is 5.62. The fourth-order valence-corrected chi connectivity index (χ4v) is 2.84. The third-order valence-corrected chi connectivity index (χ3v) is 4.05. The second kappa shape index (κ2) is 6.58. The van der Waals surface area contributed by atoms with E-state index in [1.165, 1.54) is 12.8 Å². The number of hydrogen-bond donors (Lipinski definition) is 1. The van der Waals surface area contributed by atoms with Crippen LogP contribution in [0.15, 0.2) is 28.8 Å². The average Bonchev–Trinajstić information content (AvgIpc) is 3.21. The largest absolute Gasteiger partial charge is 0.339 e. The summed E-state index contributed by atoms with van der Waals surface area (Å²) in [7, 11) is 0. The molecule has 0 bridgehead atoms. The third kappa shape index (κ3) is 4.05. The van der Waals surface area contributed by atoms with E-state index < -0.39 is 0 Å². The summed E-state index contributed by atoms with van der Waals surface area (Å²) in [5, 5.41) is 8.32. The van der Waals surface area contributed by atoms with Gasteiger partial charge in [-0.15, -0.1) is 0 Å². The van der Waals surface area contributed by atoms with Crippen LogP contribution < -0.4 is 5.32 Å². The maximum absolute atomic E-state index is 5.99. The van der Waals surface area contributed by atoms with E-state index in [0.29, 0.717) is 12.5 Å². The first kappa shape index (κ1) is 14.5. The minimum absolute atomic E-state index is 0.467. The van der Waals surface area contributed by atoms with Crippen molar-refractivity contribution >= 4 is 11.6 Å². The zero-order valence-electron chi connectivity index (χ0n) is 12.2. The lowest BCUT2D eigenvalue weighted by atomic mass is 10.1. The zero-order chi connectivity index (χ0) is 14.7. The molecule has 0 radical (unpaired) electrons. The Bertz CT molecular complexity index is 595. The molecule has 2 aromatic rings. The van der Waals surface area contributed by atoms with Crippen molar-refractivity contribution in [1.82, 2.24) is 15.5 Å². The lowest BCUT2D eigenvalue weighted by molar-refractivity contribution is 0.345. The first-order valence-corrected chi connectivity index (χ1v) is 7.91. The van der Waals surface area contributed by atoms with Crippen LogP contribution in [-0.4, -0.2) is 22.7 Å². The summed E-state index contributed by atoms with van der Waals surface area (Å²) < 4.78 is 5.39. The standard InChI is InChI=1S/C16H20ClN3O/c1-2-18-14(12-6-7-12)10-16-19-15(20-21-16)9-11-4-3-5-13(17)8-11/h3-5,8,12,14,18H,2,6-7,9-10H2,1H3. The van der Waals surface area contributed by atoms with Gasteiger partial charge in [0.05, 0.1) is 0 Å². The highest BCUT2D eigenvalue weighted by molar-refractivity contribution is 6.30. The Morgan fingerprint density at radius 3 is 3.00 bits per heavy atom. The molecule has 1 saturated carbocycles. The maximum Gasteiger partial charge on any atom is 0.228 e. The maximum atomic E-state index is 5.99. The monoisotopic (exact) mass is 305 g/mol. The van der Waals surface area contributed by atoms with Crippen molar-refractivity contribution < 1.29 is 4.52 Å². The topological polar surface area (TPSA) is 51.0 Å². The van der Waals surface area contributed by atoms with E-state index in [1.54, 1.807) is 0 Å². The Morgan fingerprint density at radius 2 is 2.29 bits per heavy atom. The van der Waals surface area contributed by atoms with E-state index in [2.05, 4.69) is 22.4 Å². The van der Waals surface area contributed by atoms with Crippen LogP contribution in [0.5, 0.6) is 0 Å². The molecule has 1 unspecified atom stereocenters. The van der Waals surface area contributed by atoms with Gasteiger partial charge in [0, 0.05) is 23.9 Å². The molecule has 112 valence electrons. The quantitative estimate of drug-likeness (QED) is 0.853. The van der Waals surface area contributed by atoms with Crippen LogP contribution in [0.3, 0.4) is 0 Å². The van der Waals surface area contributed by atoms with Gasteiger partial charge < -0.3 is 9.84 Å². The minimum atomic E-state index is 0.467. The minimum Gasteiger partial charge on any atom is -0.339 e. The predicted molar refractivity (Wildman–Crippen MR) is 82.4 cm³/mol. The number of likely N-dealkylation sites (N-methyl/N-ethyl adjacent to an activating group) is 1. The molecule has 0 spiro atoms. The van der Waals surface area contributed by atoms with E-state index in [0.717, 1.165) is 41.2 Å². The van der Waals surface area contributed by atoms with Crippen LogP contribution in [0.2, 0.25) is 5.02 Å². The number of benzene rings is 1. The molecule has 0 saturated heterocycles. The van der Waals surface area contributed by atoms with Gasteiger partial charge in [0.25, 0.3) is 0 Å².